The van der Waals surface area contributed by atoms with Crippen molar-refractivity contribution >= 4 is 11.9 Å². The van der Waals surface area contributed by atoms with Crippen LogP contribution in [0.1, 0.15) is 39.5 Å². The van der Waals surface area contributed by atoms with E-state index in [1.54, 1.807) is 0 Å². The third-order valence-corrected chi connectivity index (χ3v) is 2.69. The van der Waals surface area contributed by atoms with Crippen LogP contribution in [0.5, 0.6) is 0 Å². The lowest BCUT2D eigenvalue weighted by atomic mass is 10.0. The number of carbonyl (C=O) groups excluding carboxylic acids is 1. The van der Waals surface area contributed by atoms with Gasteiger partial charge < -0.3 is 10.0 Å². The molecule has 0 radical (unpaired) electrons. The van der Waals surface area contributed by atoms with Crippen molar-refractivity contribution in [2.24, 2.45) is 5.92 Å². The van der Waals surface area contributed by atoms with Crippen LogP contribution < -0.4 is 0 Å². The molecule has 1 aliphatic rings. The number of hydrogen-bond acceptors (Lipinski definition) is 2. The zero-order chi connectivity index (χ0) is 11.4. The lowest BCUT2D eigenvalue weighted by Gasteiger charge is -2.21. The summed E-state index contributed by atoms with van der Waals surface area (Å²) in [5, 5.41) is 8.59. The predicted molar refractivity (Wildman–Crippen MR) is 56.4 cm³/mol. The summed E-state index contributed by atoms with van der Waals surface area (Å²) in [6.07, 6.45) is 2.64. The van der Waals surface area contributed by atoms with E-state index in [2.05, 4.69) is 0 Å². The van der Waals surface area contributed by atoms with Gasteiger partial charge in [-0.15, -0.1) is 0 Å². The second-order valence-corrected chi connectivity index (χ2v) is 4.32. The molecule has 1 saturated carbocycles. The maximum atomic E-state index is 11.8. The molecule has 15 heavy (non-hydrogen) atoms. The fraction of sp³-hybridized carbons (Fsp3) is 0.818. The fourth-order valence-corrected chi connectivity index (χ4v) is 1.81. The fourth-order valence-electron chi connectivity index (χ4n) is 1.81. The molecule has 0 aromatic heterocycles. The van der Waals surface area contributed by atoms with Gasteiger partial charge in [0.05, 0.1) is 0 Å². The minimum atomic E-state index is -0.829. The van der Waals surface area contributed by atoms with Gasteiger partial charge in [0.15, 0.2) is 0 Å². The summed E-state index contributed by atoms with van der Waals surface area (Å²) < 4.78 is 0. The van der Waals surface area contributed by atoms with Crippen LogP contribution in [0.25, 0.3) is 0 Å². The van der Waals surface area contributed by atoms with Crippen LogP contribution in [-0.2, 0) is 9.59 Å². The summed E-state index contributed by atoms with van der Waals surface area (Å²) in [6, 6.07) is 0.430. The highest BCUT2D eigenvalue weighted by atomic mass is 16.4. The Balaban J connectivity index is 2.35. The predicted octanol–water partition coefficient (Wildman–Crippen LogP) is 1.50. The molecule has 4 nitrogen and oxygen atoms in total. The van der Waals surface area contributed by atoms with Crippen LogP contribution in [0.4, 0.5) is 0 Å². The Morgan fingerprint density at radius 2 is 2.00 bits per heavy atom. The molecule has 1 atom stereocenters. The maximum absolute atomic E-state index is 11.8. The van der Waals surface area contributed by atoms with Crippen LogP contribution in [0.2, 0.25) is 0 Å². The monoisotopic (exact) mass is 213 g/mol. The molecule has 1 N–H and O–H groups in total. The van der Waals surface area contributed by atoms with Crippen molar-refractivity contribution in [3.05, 3.63) is 0 Å². The van der Waals surface area contributed by atoms with Gasteiger partial charge in [0.1, 0.15) is 0 Å². The van der Waals surface area contributed by atoms with Crippen molar-refractivity contribution in [2.45, 2.75) is 45.6 Å². The molecule has 1 rings (SSSR count). The molecule has 1 fully saturated rings. The van der Waals surface area contributed by atoms with Gasteiger partial charge in [-0.1, -0.05) is 6.92 Å². The molecule has 1 unspecified atom stereocenters. The van der Waals surface area contributed by atoms with Crippen LogP contribution in [-0.4, -0.2) is 34.5 Å². The quantitative estimate of drug-likeness (QED) is 0.727. The molecule has 0 spiro atoms. The highest BCUT2D eigenvalue weighted by molar-refractivity contribution is 5.78. The van der Waals surface area contributed by atoms with E-state index in [1.807, 2.05) is 18.7 Å². The van der Waals surface area contributed by atoms with Gasteiger partial charge in [0.2, 0.25) is 5.91 Å². The number of carbonyl (C=O) groups is 2. The first-order valence-corrected chi connectivity index (χ1v) is 5.55. The number of carboxylic acid groups (broad SMARTS) is 1. The van der Waals surface area contributed by atoms with Gasteiger partial charge >= 0.3 is 5.97 Å². The smallest absolute Gasteiger partial charge is 0.303 e. The highest BCUT2D eigenvalue weighted by Gasteiger charge is 2.31. The number of rotatable bonds is 6. The Kier molecular flexibility index (Phi) is 4.12. The van der Waals surface area contributed by atoms with Crippen LogP contribution in [0.3, 0.4) is 0 Å². The Bertz CT molecular complexity index is 248. The van der Waals surface area contributed by atoms with Crippen molar-refractivity contribution in [2.75, 3.05) is 6.54 Å². The Labute approximate surface area is 90.3 Å². The molecule has 0 aromatic rings. The second kappa shape index (κ2) is 5.14. The largest absolute Gasteiger partial charge is 0.481 e. The molecule has 1 aliphatic carbocycles. The molecule has 0 saturated heterocycles. The number of nitrogens with zero attached hydrogens (tertiary/aromatic N) is 1. The minimum Gasteiger partial charge on any atom is -0.481 e. The van der Waals surface area contributed by atoms with Crippen molar-refractivity contribution in [3.63, 3.8) is 0 Å². The van der Waals surface area contributed by atoms with Gasteiger partial charge in [-0.25, -0.2) is 0 Å². The van der Waals surface area contributed by atoms with E-state index in [0.717, 1.165) is 19.4 Å². The van der Waals surface area contributed by atoms with E-state index < -0.39 is 5.97 Å². The first-order chi connectivity index (χ1) is 7.04. The molecule has 0 bridgehead atoms. The van der Waals surface area contributed by atoms with E-state index in [-0.39, 0.29) is 18.2 Å². The number of carboxylic acids is 1. The first kappa shape index (κ1) is 12.0. The van der Waals surface area contributed by atoms with Crippen molar-refractivity contribution < 1.29 is 14.7 Å². The van der Waals surface area contributed by atoms with Gasteiger partial charge in [-0.2, -0.15) is 0 Å². The maximum Gasteiger partial charge on any atom is 0.303 e. The third-order valence-electron chi connectivity index (χ3n) is 2.69. The van der Waals surface area contributed by atoms with Crippen LogP contribution in [0.15, 0.2) is 0 Å². The normalized spacial score (nSPS) is 17.2. The Morgan fingerprint density at radius 1 is 1.40 bits per heavy atom. The first-order valence-electron chi connectivity index (χ1n) is 5.55. The van der Waals surface area contributed by atoms with E-state index in [0.29, 0.717) is 12.5 Å². The summed E-state index contributed by atoms with van der Waals surface area (Å²) in [5.74, 6) is -0.790. The third kappa shape index (κ3) is 3.90. The van der Waals surface area contributed by atoms with Crippen molar-refractivity contribution in [1.82, 2.24) is 4.90 Å². The molecular formula is C11H19NO3. The lowest BCUT2D eigenvalue weighted by Crippen LogP contribution is -2.33. The molecule has 4 heteroatoms. The molecular weight excluding hydrogens is 194 g/mol. The summed E-state index contributed by atoms with van der Waals surface area (Å²) in [4.78, 5) is 24.1. The molecule has 0 aromatic carbocycles. The molecule has 0 aliphatic heterocycles. The number of aliphatic carboxylic acids is 1. The Hall–Kier alpha value is -1.06. The summed E-state index contributed by atoms with van der Waals surface area (Å²) in [7, 11) is 0. The Morgan fingerprint density at radius 3 is 2.40 bits per heavy atom. The summed E-state index contributed by atoms with van der Waals surface area (Å²) >= 11 is 0. The average molecular weight is 213 g/mol. The molecule has 86 valence electrons. The average Bonchev–Trinajstić information content (AvgIpc) is 2.87. The van der Waals surface area contributed by atoms with Gasteiger partial charge in [-0.3, -0.25) is 9.59 Å². The van der Waals surface area contributed by atoms with Crippen LogP contribution in [0, 0.1) is 5.92 Å². The van der Waals surface area contributed by atoms with E-state index in [4.69, 9.17) is 5.11 Å². The lowest BCUT2D eigenvalue weighted by molar-refractivity contribution is -0.138. The van der Waals surface area contributed by atoms with Crippen molar-refractivity contribution in [3.8, 4) is 0 Å². The van der Waals surface area contributed by atoms with Crippen molar-refractivity contribution in [1.29, 1.82) is 0 Å². The highest BCUT2D eigenvalue weighted by Crippen LogP contribution is 2.27. The van der Waals surface area contributed by atoms with E-state index in [1.165, 1.54) is 0 Å². The second-order valence-electron chi connectivity index (χ2n) is 4.32. The topological polar surface area (TPSA) is 57.6 Å². The SMILES string of the molecule is CCN(C(=O)CC(C)CC(=O)O)C1CC1. The van der Waals surface area contributed by atoms with E-state index in [9.17, 15) is 9.59 Å². The van der Waals surface area contributed by atoms with Crippen LogP contribution >= 0.6 is 0 Å². The zero-order valence-electron chi connectivity index (χ0n) is 9.40. The zero-order valence-corrected chi connectivity index (χ0v) is 9.40. The van der Waals surface area contributed by atoms with Gasteiger partial charge in [0.25, 0.3) is 0 Å². The summed E-state index contributed by atoms with van der Waals surface area (Å²) in [5.41, 5.74) is 0. The van der Waals surface area contributed by atoms with E-state index >= 15 is 0 Å². The standard InChI is InChI=1S/C11H19NO3/c1-3-12(9-4-5-9)10(13)6-8(2)7-11(14)15/h8-9H,3-7H2,1-2H3,(H,14,15). The van der Waals surface area contributed by atoms with Gasteiger partial charge in [0, 0.05) is 25.4 Å². The summed E-state index contributed by atoms with van der Waals surface area (Å²) in [6.45, 7) is 4.52. The molecule has 0 heterocycles. The van der Waals surface area contributed by atoms with Gasteiger partial charge in [-0.05, 0) is 25.7 Å². The minimum absolute atomic E-state index is 0.0669. The number of hydrogen-bond donors (Lipinski definition) is 1. The number of amides is 1. The molecule has 1 amide bonds.